The highest BCUT2D eigenvalue weighted by Crippen LogP contribution is 2.16. The van der Waals surface area contributed by atoms with E-state index in [-0.39, 0.29) is 5.56 Å². The standard InChI is InChI=1S/C15H16N2O5/c1-8-9-5-3-4-6-10(9)17-13(19)11(8)12(18)16-7-15(2,22)14(20)21/h3-6,22H,7H2,1-2H3,(H,16,18)(H,17,19)(H,20,21). The predicted molar refractivity (Wildman–Crippen MR) is 79.9 cm³/mol. The quantitative estimate of drug-likeness (QED) is 0.652. The van der Waals surface area contributed by atoms with Crippen molar-refractivity contribution in [2.24, 2.45) is 0 Å². The number of carbonyl (C=O) groups is 2. The van der Waals surface area contributed by atoms with E-state index in [2.05, 4.69) is 10.3 Å². The van der Waals surface area contributed by atoms with Gasteiger partial charge in [0.25, 0.3) is 11.5 Å². The van der Waals surface area contributed by atoms with Crippen LogP contribution >= 0.6 is 0 Å². The molecule has 1 unspecified atom stereocenters. The first-order chi connectivity index (χ1) is 10.2. The summed E-state index contributed by atoms with van der Waals surface area (Å²) in [4.78, 5) is 37.6. The fourth-order valence-electron chi connectivity index (χ4n) is 2.10. The van der Waals surface area contributed by atoms with Gasteiger partial charge in [-0.15, -0.1) is 0 Å². The molecular weight excluding hydrogens is 288 g/mol. The molecule has 116 valence electrons. The molecule has 7 heteroatoms. The Bertz CT molecular complexity index is 807. The zero-order valence-corrected chi connectivity index (χ0v) is 12.1. The minimum Gasteiger partial charge on any atom is -0.479 e. The van der Waals surface area contributed by atoms with E-state index in [9.17, 15) is 19.5 Å². The Morgan fingerprint density at radius 3 is 2.59 bits per heavy atom. The molecule has 0 saturated heterocycles. The maximum absolute atomic E-state index is 12.2. The fraction of sp³-hybridized carbons (Fsp3) is 0.267. The van der Waals surface area contributed by atoms with Gasteiger partial charge in [0.15, 0.2) is 5.60 Å². The van der Waals surface area contributed by atoms with E-state index in [4.69, 9.17) is 5.11 Å². The maximum atomic E-state index is 12.2. The van der Waals surface area contributed by atoms with Gasteiger partial charge in [0.2, 0.25) is 0 Å². The molecule has 1 amide bonds. The number of aromatic nitrogens is 1. The molecule has 1 aromatic heterocycles. The number of fused-ring (bicyclic) bond motifs is 1. The first-order valence-electron chi connectivity index (χ1n) is 6.59. The Balaban J connectivity index is 2.37. The lowest BCUT2D eigenvalue weighted by molar-refractivity contribution is -0.155. The summed E-state index contributed by atoms with van der Waals surface area (Å²) in [5, 5.41) is 21.4. The monoisotopic (exact) mass is 304 g/mol. The number of H-pyrrole nitrogens is 1. The van der Waals surface area contributed by atoms with Gasteiger partial charge >= 0.3 is 5.97 Å². The Kier molecular flexibility index (Phi) is 4.01. The summed E-state index contributed by atoms with van der Waals surface area (Å²) >= 11 is 0. The first-order valence-corrected chi connectivity index (χ1v) is 6.59. The van der Waals surface area contributed by atoms with E-state index in [0.717, 1.165) is 12.3 Å². The average molecular weight is 304 g/mol. The zero-order chi connectivity index (χ0) is 16.5. The smallest absolute Gasteiger partial charge is 0.337 e. The SMILES string of the molecule is Cc1c(C(=O)NCC(C)(O)C(=O)O)c(=O)[nH]c2ccccc12. The number of pyridine rings is 1. The van der Waals surface area contributed by atoms with Crippen LogP contribution in [0.4, 0.5) is 0 Å². The maximum Gasteiger partial charge on any atom is 0.337 e. The summed E-state index contributed by atoms with van der Waals surface area (Å²) in [5.74, 6) is -2.19. The van der Waals surface area contributed by atoms with Crippen molar-refractivity contribution >= 4 is 22.8 Å². The van der Waals surface area contributed by atoms with Crippen molar-refractivity contribution in [3.8, 4) is 0 Å². The Labute approximate surface area is 125 Å². The average Bonchev–Trinajstić information content (AvgIpc) is 2.45. The summed E-state index contributed by atoms with van der Waals surface area (Å²) in [6.45, 7) is 2.20. The number of carbonyl (C=O) groups excluding carboxylic acids is 1. The van der Waals surface area contributed by atoms with Crippen LogP contribution in [-0.2, 0) is 4.79 Å². The first kappa shape index (κ1) is 15.7. The normalized spacial score (nSPS) is 13.6. The molecule has 4 N–H and O–H groups in total. The number of aliphatic hydroxyl groups is 1. The van der Waals surface area contributed by atoms with Crippen LogP contribution in [0.15, 0.2) is 29.1 Å². The summed E-state index contributed by atoms with van der Waals surface area (Å²) in [6.07, 6.45) is 0. The number of hydrogen-bond donors (Lipinski definition) is 4. The van der Waals surface area contributed by atoms with Gasteiger partial charge in [0.05, 0.1) is 6.54 Å². The lowest BCUT2D eigenvalue weighted by Crippen LogP contribution is -2.47. The van der Waals surface area contributed by atoms with E-state index < -0.39 is 29.6 Å². The molecule has 0 bridgehead atoms. The van der Waals surface area contributed by atoms with Crippen molar-refractivity contribution in [2.75, 3.05) is 6.54 Å². The topological polar surface area (TPSA) is 119 Å². The van der Waals surface area contributed by atoms with Crippen molar-refractivity contribution in [3.05, 3.63) is 45.7 Å². The predicted octanol–water partition coefficient (Wildman–Crippen LogP) is 0.402. The molecule has 22 heavy (non-hydrogen) atoms. The summed E-state index contributed by atoms with van der Waals surface area (Å²) in [5.41, 5.74) is -1.66. The van der Waals surface area contributed by atoms with Crippen molar-refractivity contribution < 1.29 is 19.8 Å². The molecule has 1 heterocycles. The number of aryl methyl sites for hydroxylation is 1. The molecule has 1 aromatic carbocycles. The number of carboxylic acids is 1. The largest absolute Gasteiger partial charge is 0.479 e. The molecular formula is C15H16N2O5. The Hall–Kier alpha value is -2.67. The zero-order valence-electron chi connectivity index (χ0n) is 12.1. The molecule has 0 aliphatic rings. The molecule has 0 aliphatic carbocycles. The van der Waals surface area contributed by atoms with Crippen LogP contribution in [0.3, 0.4) is 0 Å². The van der Waals surface area contributed by atoms with Crippen LogP contribution in [0.25, 0.3) is 10.9 Å². The van der Waals surface area contributed by atoms with Crippen molar-refractivity contribution in [1.82, 2.24) is 10.3 Å². The lowest BCUT2D eigenvalue weighted by Gasteiger charge is -2.18. The number of nitrogens with one attached hydrogen (secondary N) is 2. The van der Waals surface area contributed by atoms with Crippen molar-refractivity contribution in [3.63, 3.8) is 0 Å². The van der Waals surface area contributed by atoms with E-state index in [1.54, 1.807) is 31.2 Å². The van der Waals surface area contributed by atoms with Crippen LogP contribution < -0.4 is 10.9 Å². The van der Waals surface area contributed by atoms with E-state index in [1.807, 2.05) is 0 Å². The Morgan fingerprint density at radius 1 is 1.32 bits per heavy atom. The molecule has 7 nitrogen and oxygen atoms in total. The highest BCUT2D eigenvalue weighted by Gasteiger charge is 2.31. The molecule has 0 aliphatic heterocycles. The summed E-state index contributed by atoms with van der Waals surface area (Å²) in [6, 6.07) is 7.04. The number of aromatic amines is 1. The molecule has 0 fully saturated rings. The number of hydrogen-bond acceptors (Lipinski definition) is 4. The van der Waals surface area contributed by atoms with Gasteiger partial charge in [-0.25, -0.2) is 4.79 Å². The number of carboxylic acid groups (broad SMARTS) is 1. The second-order valence-electron chi connectivity index (χ2n) is 5.26. The highest BCUT2D eigenvalue weighted by atomic mass is 16.4. The van der Waals surface area contributed by atoms with Gasteiger partial charge in [-0.3, -0.25) is 9.59 Å². The van der Waals surface area contributed by atoms with E-state index >= 15 is 0 Å². The van der Waals surface area contributed by atoms with Gasteiger partial charge in [-0.1, -0.05) is 18.2 Å². The highest BCUT2D eigenvalue weighted by molar-refractivity contribution is 6.00. The van der Waals surface area contributed by atoms with Crippen LogP contribution in [-0.4, -0.2) is 39.2 Å². The molecule has 2 rings (SSSR count). The van der Waals surface area contributed by atoms with Crippen molar-refractivity contribution in [2.45, 2.75) is 19.4 Å². The Morgan fingerprint density at radius 2 is 1.95 bits per heavy atom. The fourth-order valence-corrected chi connectivity index (χ4v) is 2.10. The molecule has 2 aromatic rings. The van der Waals surface area contributed by atoms with E-state index in [0.29, 0.717) is 11.1 Å². The third-order valence-electron chi connectivity index (χ3n) is 3.46. The van der Waals surface area contributed by atoms with Crippen molar-refractivity contribution in [1.29, 1.82) is 0 Å². The van der Waals surface area contributed by atoms with Crippen LogP contribution in [0, 0.1) is 6.92 Å². The van der Waals surface area contributed by atoms with Gasteiger partial charge < -0.3 is 20.5 Å². The third kappa shape index (κ3) is 2.84. The minimum atomic E-state index is -2.10. The number of rotatable bonds is 4. The lowest BCUT2D eigenvalue weighted by atomic mass is 10.0. The number of aliphatic carboxylic acids is 1. The second-order valence-corrected chi connectivity index (χ2v) is 5.26. The molecule has 0 saturated carbocycles. The van der Waals surface area contributed by atoms with Crippen LogP contribution in [0.1, 0.15) is 22.8 Å². The minimum absolute atomic E-state index is 0.0973. The van der Waals surface area contributed by atoms with E-state index in [1.165, 1.54) is 0 Å². The van der Waals surface area contributed by atoms with Crippen LogP contribution in [0.2, 0.25) is 0 Å². The number of amides is 1. The molecule has 0 radical (unpaired) electrons. The third-order valence-corrected chi connectivity index (χ3v) is 3.46. The van der Waals surface area contributed by atoms with Gasteiger partial charge in [0, 0.05) is 10.9 Å². The summed E-state index contributed by atoms with van der Waals surface area (Å²) in [7, 11) is 0. The number of para-hydroxylation sites is 1. The van der Waals surface area contributed by atoms with Gasteiger partial charge in [-0.05, 0) is 25.5 Å². The van der Waals surface area contributed by atoms with Crippen LogP contribution in [0.5, 0.6) is 0 Å². The summed E-state index contributed by atoms with van der Waals surface area (Å²) < 4.78 is 0. The molecule has 0 spiro atoms. The van der Waals surface area contributed by atoms with Gasteiger partial charge in [-0.2, -0.15) is 0 Å². The second kappa shape index (κ2) is 5.61. The van der Waals surface area contributed by atoms with Gasteiger partial charge in [0.1, 0.15) is 5.56 Å². The molecule has 1 atom stereocenters. The number of benzene rings is 1.